The van der Waals surface area contributed by atoms with Crippen LogP contribution in [0.5, 0.6) is 0 Å². The molecule has 1 aromatic heterocycles. The Kier molecular flexibility index (Phi) is 9.92. The summed E-state index contributed by atoms with van der Waals surface area (Å²) in [5.74, 6) is -2.52. The number of aromatic carboxylic acids is 1. The summed E-state index contributed by atoms with van der Waals surface area (Å²) in [6.07, 6.45) is 0. The monoisotopic (exact) mass is 735 g/mol. The lowest BCUT2D eigenvalue weighted by Crippen LogP contribution is -2.19. The van der Waals surface area contributed by atoms with Crippen LogP contribution in [0.25, 0.3) is 21.8 Å². The number of para-hydroxylation sites is 1. The zero-order valence-electron chi connectivity index (χ0n) is 25.1. The van der Waals surface area contributed by atoms with E-state index in [4.69, 9.17) is 46.4 Å². The molecular weight excluding hydrogens is 712 g/mol. The highest BCUT2D eigenvalue weighted by atomic mass is 35.5. The summed E-state index contributed by atoms with van der Waals surface area (Å²) in [5, 5.41) is 15.8. The number of halogens is 4. The van der Waals surface area contributed by atoms with Crippen molar-refractivity contribution in [3.05, 3.63) is 134 Å². The standard InChI is InChI=1S/C36H25Cl4N3O4S/c1-2-43-25-11-7-6-10-23(25)24-18-21(14-17-26(24)43)42-35(45)33(19-8-4-3-5-9-19)48-22-15-12-20(13-16-22)41-34(44)27-28(36(46)47)30(38)32(40)31(39)29(27)37/h3-18,33H,2H2,1H3,(H,41,44)(H,42,45)(H,46,47). The predicted molar refractivity (Wildman–Crippen MR) is 197 cm³/mol. The number of hydrogen-bond acceptors (Lipinski definition) is 4. The van der Waals surface area contributed by atoms with E-state index in [2.05, 4.69) is 34.3 Å². The van der Waals surface area contributed by atoms with Gasteiger partial charge in [-0.25, -0.2) is 4.79 Å². The van der Waals surface area contributed by atoms with Gasteiger partial charge in [-0.1, -0.05) is 94.9 Å². The third-order valence-corrected chi connectivity index (χ3v) is 10.8. The Morgan fingerprint density at radius 2 is 1.31 bits per heavy atom. The van der Waals surface area contributed by atoms with Gasteiger partial charge in [0, 0.05) is 44.6 Å². The molecule has 0 fully saturated rings. The number of carboxylic acids is 1. The van der Waals surface area contributed by atoms with Crippen LogP contribution in [-0.2, 0) is 11.3 Å². The molecule has 7 nitrogen and oxygen atoms in total. The van der Waals surface area contributed by atoms with Crippen LogP contribution in [0.15, 0.2) is 102 Å². The second-order valence-electron chi connectivity index (χ2n) is 10.7. The van der Waals surface area contributed by atoms with E-state index in [1.54, 1.807) is 24.3 Å². The number of rotatable bonds is 9. The van der Waals surface area contributed by atoms with Crippen molar-refractivity contribution in [2.75, 3.05) is 10.6 Å². The molecule has 0 saturated heterocycles. The van der Waals surface area contributed by atoms with Crippen LogP contribution in [0.1, 0.15) is 38.5 Å². The number of fused-ring (bicyclic) bond motifs is 3. The van der Waals surface area contributed by atoms with Crippen LogP contribution in [0.3, 0.4) is 0 Å². The molecule has 1 unspecified atom stereocenters. The van der Waals surface area contributed by atoms with Gasteiger partial charge in [-0.15, -0.1) is 11.8 Å². The largest absolute Gasteiger partial charge is 0.478 e. The number of nitrogens with one attached hydrogen (secondary N) is 2. The van der Waals surface area contributed by atoms with Crippen molar-refractivity contribution in [3.63, 3.8) is 0 Å². The Bertz CT molecular complexity index is 2220. The maximum atomic E-state index is 13.9. The molecule has 5 aromatic carbocycles. The van der Waals surface area contributed by atoms with Gasteiger partial charge in [-0.3, -0.25) is 9.59 Å². The maximum absolute atomic E-state index is 13.9. The molecule has 0 radical (unpaired) electrons. The Morgan fingerprint density at radius 1 is 0.708 bits per heavy atom. The lowest BCUT2D eigenvalue weighted by Gasteiger charge is -2.18. The third-order valence-electron chi connectivity index (χ3n) is 7.77. The summed E-state index contributed by atoms with van der Waals surface area (Å²) < 4.78 is 2.25. The Labute approximate surface area is 299 Å². The van der Waals surface area contributed by atoms with Crippen LogP contribution in [0, 0.1) is 0 Å². The number of amides is 2. The van der Waals surface area contributed by atoms with E-state index in [0.29, 0.717) is 11.4 Å². The van der Waals surface area contributed by atoms with E-state index in [1.807, 2.05) is 60.7 Å². The molecule has 1 atom stereocenters. The van der Waals surface area contributed by atoms with Gasteiger partial charge >= 0.3 is 5.97 Å². The van der Waals surface area contributed by atoms with Gasteiger partial charge in [-0.05, 0) is 61.0 Å². The van der Waals surface area contributed by atoms with Crippen molar-refractivity contribution < 1.29 is 19.5 Å². The molecule has 0 aliphatic carbocycles. The van der Waals surface area contributed by atoms with E-state index in [0.717, 1.165) is 38.8 Å². The molecular formula is C36H25Cl4N3O4S. The van der Waals surface area contributed by atoms with Gasteiger partial charge in [0.05, 0.1) is 31.2 Å². The van der Waals surface area contributed by atoms with Crippen molar-refractivity contribution in [1.82, 2.24) is 4.57 Å². The number of aromatic nitrogens is 1. The Hall–Kier alpha value is -4.18. The zero-order chi connectivity index (χ0) is 34.1. The summed E-state index contributed by atoms with van der Waals surface area (Å²) in [6.45, 7) is 2.94. The fourth-order valence-electron chi connectivity index (χ4n) is 5.57. The van der Waals surface area contributed by atoms with Gasteiger partial charge in [-0.2, -0.15) is 0 Å². The molecule has 0 aliphatic heterocycles. The molecule has 12 heteroatoms. The number of carbonyl (C=O) groups excluding carboxylic acids is 2. The predicted octanol–water partition coefficient (Wildman–Crippen LogP) is 10.9. The van der Waals surface area contributed by atoms with Gasteiger partial charge in [0.1, 0.15) is 5.25 Å². The lowest BCUT2D eigenvalue weighted by atomic mass is 10.1. The summed E-state index contributed by atoms with van der Waals surface area (Å²) >= 11 is 25.8. The number of hydrogen-bond donors (Lipinski definition) is 3. The first-order chi connectivity index (χ1) is 23.1. The second-order valence-corrected chi connectivity index (χ2v) is 13.4. The van der Waals surface area contributed by atoms with Crippen molar-refractivity contribution in [2.24, 2.45) is 0 Å². The molecule has 6 aromatic rings. The van der Waals surface area contributed by atoms with Crippen molar-refractivity contribution >= 4 is 109 Å². The molecule has 0 bridgehead atoms. The number of nitrogens with zero attached hydrogens (tertiary/aromatic N) is 1. The highest BCUT2D eigenvalue weighted by molar-refractivity contribution is 8.00. The normalized spacial score (nSPS) is 11.9. The first-order valence-corrected chi connectivity index (χ1v) is 17.0. The van der Waals surface area contributed by atoms with E-state index in [9.17, 15) is 19.5 Å². The molecule has 0 saturated carbocycles. The molecule has 48 heavy (non-hydrogen) atoms. The van der Waals surface area contributed by atoms with Gasteiger partial charge in [0.15, 0.2) is 0 Å². The van der Waals surface area contributed by atoms with E-state index >= 15 is 0 Å². The van der Waals surface area contributed by atoms with Crippen LogP contribution in [0.4, 0.5) is 11.4 Å². The molecule has 6 rings (SSSR count). The van der Waals surface area contributed by atoms with E-state index < -0.39 is 33.3 Å². The summed E-state index contributed by atoms with van der Waals surface area (Å²) in [7, 11) is 0. The Morgan fingerprint density at radius 3 is 1.98 bits per heavy atom. The second kappa shape index (κ2) is 14.1. The van der Waals surface area contributed by atoms with Crippen molar-refractivity contribution in [3.8, 4) is 0 Å². The number of benzene rings is 5. The molecule has 3 N–H and O–H groups in total. The van der Waals surface area contributed by atoms with Gasteiger partial charge in [0.25, 0.3) is 5.91 Å². The maximum Gasteiger partial charge on any atom is 0.338 e. The van der Waals surface area contributed by atoms with Crippen molar-refractivity contribution in [2.45, 2.75) is 23.6 Å². The first-order valence-electron chi connectivity index (χ1n) is 14.6. The minimum absolute atomic E-state index is 0.200. The minimum Gasteiger partial charge on any atom is -0.478 e. The van der Waals surface area contributed by atoms with Crippen LogP contribution in [0.2, 0.25) is 20.1 Å². The molecule has 0 aliphatic rings. The average molecular weight is 737 g/mol. The van der Waals surface area contributed by atoms with E-state index in [-0.39, 0.29) is 21.0 Å². The third kappa shape index (κ3) is 6.46. The van der Waals surface area contributed by atoms with Crippen LogP contribution in [-0.4, -0.2) is 27.5 Å². The van der Waals surface area contributed by atoms with Crippen molar-refractivity contribution in [1.29, 1.82) is 0 Å². The van der Waals surface area contributed by atoms with Crippen LogP contribution < -0.4 is 10.6 Å². The summed E-state index contributed by atoms with van der Waals surface area (Å²) in [5.41, 5.74) is 3.11. The molecule has 1 heterocycles. The average Bonchev–Trinajstić information content (AvgIpc) is 3.41. The fourth-order valence-corrected chi connectivity index (χ4v) is 7.62. The zero-order valence-corrected chi connectivity index (χ0v) is 28.9. The Balaban J connectivity index is 1.24. The number of aryl methyl sites for hydroxylation is 1. The smallest absolute Gasteiger partial charge is 0.338 e. The highest BCUT2D eigenvalue weighted by Gasteiger charge is 2.29. The first kappa shape index (κ1) is 33.7. The molecule has 242 valence electrons. The SMILES string of the molecule is CCn1c2ccccc2c2cc(NC(=O)C(Sc3ccc(NC(=O)c4c(Cl)c(Cl)c(Cl)c(Cl)c4C(=O)O)cc3)c3ccccc3)ccc21. The molecule has 0 spiro atoms. The topological polar surface area (TPSA) is 100 Å². The van der Waals surface area contributed by atoms with Gasteiger partial charge in [0.2, 0.25) is 5.91 Å². The minimum atomic E-state index is -1.49. The highest BCUT2D eigenvalue weighted by Crippen LogP contribution is 2.42. The lowest BCUT2D eigenvalue weighted by molar-refractivity contribution is -0.115. The van der Waals surface area contributed by atoms with Crippen LogP contribution >= 0.6 is 58.2 Å². The number of anilines is 2. The molecule has 2 amide bonds. The quantitative estimate of drug-likeness (QED) is 0.0779. The number of carboxylic acid groups (broad SMARTS) is 1. The fraction of sp³-hybridized carbons (Fsp3) is 0.0833. The van der Waals surface area contributed by atoms with Gasteiger partial charge < -0.3 is 20.3 Å². The summed E-state index contributed by atoms with van der Waals surface area (Å²) in [6, 6.07) is 30.4. The number of carbonyl (C=O) groups is 3. The summed E-state index contributed by atoms with van der Waals surface area (Å²) in [4.78, 5) is 39.7. The number of thioether (sulfide) groups is 1. The van der Waals surface area contributed by atoms with E-state index in [1.165, 1.54) is 11.8 Å².